The first-order chi connectivity index (χ1) is 9.33. The first kappa shape index (κ1) is 11.9. The third-order valence-corrected chi connectivity index (χ3v) is 3.40. The van der Waals surface area contributed by atoms with Crippen LogP contribution in [-0.4, -0.2) is 4.98 Å². The summed E-state index contributed by atoms with van der Waals surface area (Å²) in [5.41, 5.74) is 6.03. The fourth-order valence-corrected chi connectivity index (χ4v) is 2.45. The van der Waals surface area contributed by atoms with E-state index < -0.39 is 0 Å². The zero-order chi connectivity index (χ0) is 13.1. The molecule has 0 amide bonds. The summed E-state index contributed by atoms with van der Waals surface area (Å²) in [4.78, 5) is 4.68. The Morgan fingerprint density at radius 3 is 2.58 bits per heavy atom. The zero-order valence-corrected chi connectivity index (χ0v) is 11.1. The fraction of sp³-hybridized carbons (Fsp3) is 0.167. The van der Waals surface area contributed by atoms with Crippen molar-refractivity contribution in [3.8, 4) is 11.1 Å². The summed E-state index contributed by atoms with van der Waals surface area (Å²) in [6, 6.07) is 14.8. The van der Waals surface area contributed by atoms with E-state index in [-0.39, 0.29) is 0 Å². The van der Waals surface area contributed by atoms with Gasteiger partial charge in [-0.1, -0.05) is 48.6 Å². The maximum absolute atomic E-state index is 4.68. The molecular formula is C18H17N. The van der Waals surface area contributed by atoms with Gasteiger partial charge in [0.15, 0.2) is 0 Å². The lowest BCUT2D eigenvalue weighted by molar-refractivity contribution is 1.03. The number of benzene rings is 1. The van der Waals surface area contributed by atoms with Gasteiger partial charge in [0, 0.05) is 5.69 Å². The van der Waals surface area contributed by atoms with E-state index in [2.05, 4.69) is 66.5 Å². The van der Waals surface area contributed by atoms with Gasteiger partial charge in [0.2, 0.25) is 0 Å². The molecule has 1 nitrogen and oxygen atoms in total. The third kappa shape index (κ3) is 2.65. The number of pyridine rings is 1. The van der Waals surface area contributed by atoms with Crippen molar-refractivity contribution in [2.45, 2.75) is 19.8 Å². The Kier molecular flexibility index (Phi) is 3.28. The lowest BCUT2D eigenvalue weighted by atomic mass is 9.98. The van der Waals surface area contributed by atoms with Crippen LogP contribution in [0.5, 0.6) is 0 Å². The quantitative estimate of drug-likeness (QED) is 0.743. The zero-order valence-electron chi connectivity index (χ0n) is 11.1. The highest BCUT2D eigenvalue weighted by atomic mass is 14.7. The third-order valence-electron chi connectivity index (χ3n) is 3.40. The summed E-state index contributed by atoms with van der Waals surface area (Å²) >= 11 is 0. The van der Waals surface area contributed by atoms with Crippen LogP contribution >= 0.6 is 0 Å². The van der Waals surface area contributed by atoms with Gasteiger partial charge in [0.05, 0.1) is 5.69 Å². The summed E-state index contributed by atoms with van der Waals surface area (Å²) in [5.74, 6) is 0. The van der Waals surface area contributed by atoms with E-state index in [0.29, 0.717) is 0 Å². The van der Waals surface area contributed by atoms with Crippen LogP contribution in [-0.2, 0) is 0 Å². The summed E-state index contributed by atoms with van der Waals surface area (Å²) in [7, 11) is 0. The van der Waals surface area contributed by atoms with E-state index in [9.17, 15) is 0 Å². The van der Waals surface area contributed by atoms with Gasteiger partial charge >= 0.3 is 0 Å². The molecule has 94 valence electrons. The van der Waals surface area contributed by atoms with Crippen molar-refractivity contribution in [1.82, 2.24) is 4.98 Å². The molecule has 0 saturated heterocycles. The Morgan fingerprint density at radius 1 is 1.00 bits per heavy atom. The molecule has 0 aliphatic heterocycles. The number of allylic oxidation sites excluding steroid dienone is 4. The van der Waals surface area contributed by atoms with E-state index in [1.54, 1.807) is 0 Å². The Balaban J connectivity index is 2.06. The van der Waals surface area contributed by atoms with Gasteiger partial charge in [-0.25, -0.2) is 0 Å². The molecule has 1 aromatic heterocycles. The van der Waals surface area contributed by atoms with E-state index in [4.69, 9.17) is 0 Å². The van der Waals surface area contributed by atoms with Crippen molar-refractivity contribution < 1.29 is 0 Å². The standard InChI is InChI=1S/C18H17N/c1-14-12-17(15-8-4-2-5-9-15)13-18(19-14)16-10-6-3-7-11-16/h2-6,8-10,12-13H,7,11H2,1H3. The Hall–Kier alpha value is -2.15. The highest BCUT2D eigenvalue weighted by Crippen LogP contribution is 2.27. The molecule has 19 heavy (non-hydrogen) atoms. The Bertz CT molecular complexity index is 636. The van der Waals surface area contributed by atoms with Crippen LogP contribution in [0.3, 0.4) is 0 Å². The molecule has 1 heteroatoms. The molecule has 1 heterocycles. The molecule has 0 radical (unpaired) electrons. The molecule has 0 spiro atoms. The molecule has 1 aromatic carbocycles. The van der Waals surface area contributed by atoms with Crippen LogP contribution in [0.4, 0.5) is 0 Å². The summed E-state index contributed by atoms with van der Waals surface area (Å²) in [6.45, 7) is 2.06. The number of nitrogens with zero attached hydrogens (tertiary/aromatic N) is 1. The average Bonchev–Trinajstić information content (AvgIpc) is 2.48. The topological polar surface area (TPSA) is 12.9 Å². The predicted octanol–water partition coefficient (Wildman–Crippen LogP) is 4.79. The number of aryl methyl sites for hydroxylation is 1. The Labute approximate surface area is 114 Å². The molecule has 0 fully saturated rings. The van der Waals surface area contributed by atoms with Gasteiger partial charge in [0.1, 0.15) is 0 Å². The SMILES string of the molecule is Cc1cc(-c2ccccc2)cc(C2=CC=CCC2)n1. The second kappa shape index (κ2) is 5.23. The maximum atomic E-state index is 4.68. The summed E-state index contributed by atoms with van der Waals surface area (Å²) < 4.78 is 0. The molecule has 0 saturated carbocycles. The minimum absolute atomic E-state index is 1.08. The molecule has 0 bridgehead atoms. The molecule has 1 aliphatic rings. The fourth-order valence-electron chi connectivity index (χ4n) is 2.45. The van der Waals surface area contributed by atoms with Gasteiger partial charge in [-0.05, 0) is 48.6 Å². The van der Waals surface area contributed by atoms with E-state index in [1.165, 1.54) is 16.7 Å². The van der Waals surface area contributed by atoms with Crippen molar-refractivity contribution in [1.29, 1.82) is 0 Å². The molecule has 0 atom stereocenters. The van der Waals surface area contributed by atoms with E-state index >= 15 is 0 Å². The lowest BCUT2D eigenvalue weighted by Gasteiger charge is -2.11. The number of rotatable bonds is 2. The van der Waals surface area contributed by atoms with Crippen molar-refractivity contribution in [3.05, 3.63) is 72.1 Å². The molecule has 0 unspecified atom stereocenters. The first-order valence-electron chi connectivity index (χ1n) is 6.73. The second-order valence-corrected chi connectivity index (χ2v) is 4.91. The monoisotopic (exact) mass is 247 g/mol. The molecule has 3 rings (SSSR count). The second-order valence-electron chi connectivity index (χ2n) is 4.91. The van der Waals surface area contributed by atoms with Crippen molar-refractivity contribution in [3.63, 3.8) is 0 Å². The maximum Gasteiger partial charge on any atom is 0.0671 e. The van der Waals surface area contributed by atoms with Gasteiger partial charge in [0.25, 0.3) is 0 Å². The normalized spacial score (nSPS) is 14.3. The van der Waals surface area contributed by atoms with Gasteiger partial charge in [-0.3, -0.25) is 4.98 Å². The van der Waals surface area contributed by atoms with Crippen molar-refractivity contribution in [2.24, 2.45) is 0 Å². The predicted molar refractivity (Wildman–Crippen MR) is 80.8 cm³/mol. The average molecular weight is 247 g/mol. The molecular weight excluding hydrogens is 230 g/mol. The highest BCUT2D eigenvalue weighted by molar-refractivity contribution is 5.72. The number of aromatic nitrogens is 1. The minimum atomic E-state index is 1.08. The number of hydrogen-bond acceptors (Lipinski definition) is 1. The lowest BCUT2D eigenvalue weighted by Crippen LogP contribution is -1.95. The summed E-state index contributed by atoms with van der Waals surface area (Å²) in [5, 5.41) is 0. The highest BCUT2D eigenvalue weighted by Gasteiger charge is 2.08. The minimum Gasteiger partial charge on any atom is -0.253 e. The first-order valence-corrected chi connectivity index (χ1v) is 6.73. The Morgan fingerprint density at radius 2 is 1.84 bits per heavy atom. The van der Waals surface area contributed by atoms with Crippen LogP contribution in [0.2, 0.25) is 0 Å². The van der Waals surface area contributed by atoms with Crippen molar-refractivity contribution >= 4 is 5.57 Å². The molecule has 0 N–H and O–H groups in total. The summed E-state index contributed by atoms with van der Waals surface area (Å²) in [6.07, 6.45) is 8.71. The molecule has 1 aliphatic carbocycles. The van der Waals surface area contributed by atoms with Gasteiger partial charge in [-0.2, -0.15) is 0 Å². The van der Waals surface area contributed by atoms with Crippen molar-refractivity contribution in [2.75, 3.05) is 0 Å². The van der Waals surface area contributed by atoms with Crippen LogP contribution in [0, 0.1) is 6.92 Å². The number of hydrogen-bond donors (Lipinski definition) is 0. The smallest absolute Gasteiger partial charge is 0.0671 e. The van der Waals surface area contributed by atoms with E-state index in [0.717, 1.165) is 24.2 Å². The molecule has 2 aromatic rings. The van der Waals surface area contributed by atoms with Gasteiger partial charge < -0.3 is 0 Å². The van der Waals surface area contributed by atoms with Gasteiger partial charge in [-0.15, -0.1) is 0 Å². The van der Waals surface area contributed by atoms with Crippen LogP contribution in [0.1, 0.15) is 24.2 Å². The largest absolute Gasteiger partial charge is 0.253 e. The van der Waals surface area contributed by atoms with Crippen LogP contribution < -0.4 is 0 Å². The van der Waals surface area contributed by atoms with E-state index in [1.807, 2.05) is 6.07 Å². The van der Waals surface area contributed by atoms with Crippen LogP contribution in [0.25, 0.3) is 16.7 Å². The van der Waals surface area contributed by atoms with Crippen LogP contribution in [0.15, 0.2) is 60.7 Å².